The van der Waals surface area contributed by atoms with Gasteiger partial charge in [-0.1, -0.05) is 6.92 Å². The molecule has 0 bridgehead atoms. The van der Waals surface area contributed by atoms with Gasteiger partial charge in [-0.25, -0.2) is 18.2 Å². The molecular formula is C31H34F3N3O3. The summed E-state index contributed by atoms with van der Waals surface area (Å²) in [5.74, 6) is -2.59. The molecule has 5 rings (SSSR count). The summed E-state index contributed by atoms with van der Waals surface area (Å²) < 4.78 is 56.1. The highest BCUT2D eigenvalue weighted by molar-refractivity contribution is 5.96. The molecule has 9 heteroatoms. The van der Waals surface area contributed by atoms with Gasteiger partial charge in [0.1, 0.15) is 28.8 Å². The van der Waals surface area contributed by atoms with E-state index in [1.54, 1.807) is 12.4 Å². The Labute approximate surface area is 232 Å². The van der Waals surface area contributed by atoms with Crippen LogP contribution in [0.2, 0.25) is 0 Å². The third kappa shape index (κ3) is 6.59. The molecule has 1 aliphatic carbocycles. The first-order valence-corrected chi connectivity index (χ1v) is 13.8. The van der Waals surface area contributed by atoms with E-state index in [4.69, 9.17) is 15.2 Å². The van der Waals surface area contributed by atoms with Crippen molar-refractivity contribution in [2.75, 3.05) is 13.2 Å². The summed E-state index contributed by atoms with van der Waals surface area (Å²) in [7, 11) is 0. The fourth-order valence-electron chi connectivity index (χ4n) is 5.92. The summed E-state index contributed by atoms with van der Waals surface area (Å²) in [6.07, 6.45) is 7.48. The average molecular weight is 554 g/mol. The van der Waals surface area contributed by atoms with E-state index in [0.29, 0.717) is 37.5 Å². The first-order valence-electron chi connectivity index (χ1n) is 13.8. The van der Waals surface area contributed by atoms with Gasteiger partial charge in [-0.3, -0.25) is 9.78 Å². The lowest BCUT2D eigenvalue weighted by atomic mass is 9.75. The molecular weight excluding hydrogens is 519 g/mol. The molecule has 1 aliphatic heterocycles. The quantitative estimate of drug-likeness (QED) is 0.349. The number of pyridine rings is 2. The molecule has 1 saturated carbocycles. The highest BCUT2D eigenvalue weighted by Gasteiger charge is 2.28. The van der Waals surface area contributed by atoms with Crippen LogP contribution in [0.25, 0.3) is 11.3 Å². The molecule has 2 aliphatic rings. The van der Waals surface area contributed by atoms with Crippen molar-refractivity contribution in [3.05, 3.63) is 82.6 Å². The summed E-state index contributed by atoms with van der Waals surface area (Å²) in [6.45, 7) is 3.36. The lowest BCUT2D eigenvalue weighted by Gasteiger charge is -2.32. The standard InChI is InChI=1S/C31H34F3N3O3/c1-18-10-20(14-22(35)11-18)24-4-7-36-16-21(24)15-29(38)28-3-2-25(32)31(37-28)30-26(33)12-19(13-27(30)34)17-40-23-5-8-39-9-6-23/h2-4,7,12-13,16,18,20,22-23H,5-6,8-11,14-15,17,35H2,1H3/t18-,20+,22-/m0/s1. The van der Waals surface area contributed by atoms with Gasteiger partial charge in [0, 0.05) is 38.1 Å². The predicted molar refractivity (Wildman–Crippen MR) is 144 cm³/mol. The van der Waals surface area contributed by atoms with Crippen LogP contribution in [-0.4, -0.2) is 41.1 Å². The summed E-state index contributed by atoms with van der Waals surface area (Å²) >= 11 is 0. The Balaban J connectivity index is 1.35. The molecule has 2 N–H and O–H groups in total. The van der Waals surface area contributed by atoms with E-state index in [1.807, 2.05) is 6.07 Å². The van der Waals surface area contributed by atoms with Crippen molar-refractivity contribution in [1.29, 1.82) is 0 Å². The maximum absolute atomic E-state index is 15.1. The number of nitrogens with two attached hydrogens (primary N) is 1. The summed E-state index contributed by atoms with van der Waals surface area (Å²) in [4.78, 5) is 21.6. The lowest BCUT2D eigenvalue weighted by Crippen LogP contribution is -2.31. The zero-order valence-corrected chi connectivity index (χ0v) is 22.5. The van der Waals surface area contributed by atoms with E-state index >= 15 is 8.78 Å². The molecule has 1 aromatic carbocycles. The highest BCUT2D eigenvalue weighted by atomic mass is 19.1. The van der Waals surface area contributed by atoms with Crippen LogP contribution >= 0.6 is 0 Å². The number of rotatable bonds is 8. The number of ether oxygens (including phenoxy) is 2. The van der Waals surface area contributed by atoms with E-state index in [-0.39, 0.29) is 36.8 Å². The van der Waals surface area contributed by atoms with Gasteiger partial charge in [-0.2, -0.15) is 0 Å². The fourth-order valence-corrected chi connectivity index (χ4v) is 5.92. The van der Waals surface area contributed by atoms with E-state index in [1.165, 1.54) is 6.07 Å². The van der Waals surface area contributed by atoms with E-state index in [2.05, 4.69) is 16.9 Å². The van der Waals surface area contributed by atoms with Gasteiger partial charge >= 0.3 is 0 Å². The van der Waals surface area contributed by atoms with Crippen molar-refractivity contribution in [1.82, 2.24) is 9.97 Å². The number of carbonyl (C=O) groups excluding carboxylic acids is 1. The van der Waals surface area contributed by atoms with Crippen molar-refractivity contribution in [3.63, 3.8) is 0 Å². The first kappa shape index (κ1) is 28.4. The molecule has 3 heterocycles. The number of aromatic nitrogens is 2. The largest absolute Gasteiger partial charge is 0.381 e. The zero-order chi connectivity index (χ0) is 28.2. The Hall–Kier alpha value is -3.14. The average Bonchev–Trinajstić information content (AvgIpc) is 2.93. The van der Waals surface area contributed by atoms with Gasteiger partial charge in [-0.05, 0) is 91.0 Å². The lowest BCUT2D eigenvalue weighted by molar-refractivity contribution is -0.0391. The molecule has 0 unspecified atom stereocenters. The van der Waals surface area contributed by atoms with Crippen LogP contribution in [0.3, 0.4) is 0 Å². The maximum Gasteiger partial charge on any atom is 0.185 e. The van der Waals surface area contributed by atoms with Crippen LogP contribution in [0.5, 0.6) is 0 Å². The minimum atomic E-state index is -0.973. The second-order valence-corrected chi connectivity index (χ2v) is 11.0. The molecule has 2 fully saturated rings. The zero-order valence-electron chi connectivity index (χ0n) is 22.5. The number of ketones is 1. The first-order chi connectivity index (χ1) is 19.3. The number of hydrogen-bond donors (Lipinski definition) is 1. The molecule has 0 radical (unpaired) electrons. The SMILES string of the molecule is C[C@@H]1C[C@H](N)C[C@H](c2ccncc2CC(=O)c2ccc(F)c(-c3c(F)cc(COC4CCOCC4)cc3F)n2)C1. The van der Waals surface area contributed by atoms with E-state index < -0.39 is 34.5 Å². The minimum Gasteiger partial charge on any atom is -0.381 e. The van der Waals surface area contributed by atoms with Crippen LogP contribution in [0, 0.1) is 23.4 Å². The van der Waals surface area contributed by atoms with Gasteiger partial charge in [0.25, 0.3) is 0 Å². The van der Waals surface area contributed by atoms with Crippen LogP contribution < -0.4 is 5.73 Å². The van der Waals surface area contributed by atoms with Gasteiger partial charge in [0.15, 0.2) is 5.78 Å². The van der Waals surface area contributed by atoms with E-state index in [9.17, 15) is 9.18 Å². The third-order valence-electron chi connectivity index (χ3n) is 7.84. The number of nitrogens with zero attached hydrogens (tertiary/aromatic N) is 2. The van der Waals surface area contributed by atoms with E-state index in [0.717, 1.165) is 48.6 Å². The van der Waals surface area contributed by atoms with Gasteiger partial charge in [-0.15, -0.1) is 0 Å². The Morgan fingerprint density at radius 2 is 1.80 bits per heavy atom. The third-order valence-corrected chi connectivity index (χ3v) is 7.84. The molecule has 6 nitrogen and oxygen atoms in total. The van der Waals surface area contributed by atoms with Crippen molar-refractivity contribution in [2.45, 2.75) is 70.1 Å². The second kappa shape index (κ2) is 12.6. The molecule has 0 amide bonds. The Morgan fingerprint density at radius 1 is 1.05 bits per heavy atom. The number of carbonyl (C=O) groups is 1. The van der Waals surface area contributed by atoms with Gasteiger partial charge < -0.3 is 15.2 Å². The number of hydrogen-bond acceptors (Lipinski definition) is 6. The Bertz CT molecular complexity index is 1330. The van der Waals surface area contributed by atoms with Crippen LogP contribution in [-0.2, 0) is 22.5 Å². The molecule has 40 heavy (non-hydrogen) atoms. The number of Topliss-reactive ketones (excluding diaryl/α,β-unsaturated/α-hetero) is 1. The molecule has 212 valence electrons. The normalized spacial score (nSPS) is 21.9. The Morgan fingerprint density at radius 3 is 2.52 bits per heavy atom. The van der Waals surface area contributed by atoms with Gasteiger partial charge in [0.05, 0.1) is 18.3 Å². The maximum atomic E-state index is 15.1. The van der Waals surface area contributed by atoms with Crippen molar-refractivity contribution in [3.8, 4) is 11.3 Å². The second-order valence-electron chi connectivity index (χ2n) is 11.0. The predicted octanol–water partition coefficient (Wildman–Crippen LogP) is 5.91. The fraction of sp³-hybridized carbons (Fsp3) is 0.452. The molecule has 1 saturated heterocycles. The highest BCUT2D eigenvalue weighted by Crippen LogP contribution is 2.37. The summed E-state index contributed by atoms with van der Waals surface area (Å²) in [6, 6.07) is 6.50. The van der Waals surface area contributed by atoms with Crippen LogP contribution in [0.1, 0.15) is 72.1 Å². The molecule has 0 spiro atoms. The van der Waals surface area contributed by atoms with Crippen LogP contribution in [0.4, 0.5) is 13.2 Å². The summed E-state index contributed by atoms with van der Waals surface area (Å²) in [5, 5.41) is 0. The minimum absolute atomic E-state index is 0.0190. The van der Waals surface area contributed by atoms with Crippen LogP contribution in [0.15, 0.2) is 42.7 Å². The van der Waals surface area contributed by atoms with Crippen molar-refractivity contribution in [2.24, 2.45) is 11.7 Å². The molecule has 2 aromatic heterocycles. The topological polar surface area (TPSA) is 87.3 Å². The summed E-state index contributed by atoms with van der Waals surface area (Å²) in [5.41, 5.74) is 7.08. The van der Waals surface area contributed by atoms with Crippen molar-refractivity contribution < 1.29 is 27.4 Å². The number of halogens is 3. The van der Waals surface area contributed by atoms with Crippen molar-refractivity contribution >= 4 is 5.78 Å². The molecule has 3 aromatic rings. The number of benzene rings is 1. The molecule has 3 atom stereocenters. The Kier molecular flexibility index (Phi) is 8.93. The smallest absolute Gasteiger partial charge is 0.185 e. The van der Waals surface area contributed by atoms with Gasteiger partial charge in [0.2, 0.25) is 0 Å². The monoisotopic (exact) mass is 553 g/mol.